The molecular weight excluding hydrogens is 206 g/mol. The van der Waals surface area contributed by atoms with Crippen LogP contribution in [0.4, 0.5) is 0 Å². The maximum absolute atomic E-state index is 5.90. The standard InChI is InChI=1S/C13H20ClN/c1-10(2)9-15-7-6-12-4-5-13(14)8-11(12)3/h4-5,8,10,15H,6-7,9H2,1-3H3. The van der Waals surface area contributed by atoms with Crippen molar-refractivity contribution in [3.05, 3.63) is 34.3 Å². The summed E-state index contributed by atoms with van der Waals surface area (Å²) in [5.41, 5.74) is 2.67. The summed E-state index contributed by atoms with van der Waals surface area (Å²) >= 11 is 5.90. The summed E-state index contributed by atoms with van der Waals surface area (Å²) in [7, 11) is 0. The van der Waals surface area contributed by atoms with Gasteiger partial charge in [0, 0.05) is 5.02 Å². The summed E-state index contributed by atoms with van der Waals surface area (Å²) in [5, 5.41) is 4.27. The van der Waals surface area contributed by atoms with Crippen LogP contribution in [0, 0.1) is 12.8 Å². The maximum atomic E-state index is 5.90. The first-order valence-corrected chi connectivity index (χ1v) is 5.93. The number of halogens is 1. The first-order valence-electron chi connectivity index (χ1n) is 5.55. The lowest BCUT2D eigenvalue weighted by molar-refractivity contribution is 0.554. The molecule has 0 amide bonds. The number of hydrogen-bond acceptors (Lipinski definition) is 1. The molecule has 0 spiro atoms. The van der Waals surface area contributed by atoms with E-state index in [1.165, 1.54) is 11.1 Å². The molecule has 0 bridgehead atoms. The zero-order chi connectivity index (χ0) is 11.3. The highest BCUT2D eigenvalue weighted by molar-refractivity contribution is 6.30. The fourth-order valence-corrected chi connectivity index (χ4v) is 1.78. The molecule has 0 aliphatic rings. The summed E-state index contributed by atoms with van der Waals surface area (Å²) < 4.78 is 0. The molecule has 1 aromatic carbocycles. The highest BCUT2D eigenvalue weighted by Crippen LogP contribution is 2.15. The number of aryl methyl sites for hydroxylation is 1. The number of benzene rings is 1. The Morgan fingerprint density at radius 1 is 1.33 bits per heavy atom. The van der Waals surface area contributed by atoms with Crippen LogP contribution in [0.1, 0.15) is 25.0 Å². The number of hydrogen-bond donors (Lipinski definition) is 1. The highest BCUT2D eigenvalue weighted by Gasteiger charge is 1.99. The van der Waals surface area contributed by atoms with Crippen LogP contribution in [0.15, 0.2) is 18.2 Å². The second kappa shape index (κ2) is 6.14. The zero-order valence-corrected chi connectivity index (χ0v) is 10.6. The van der Waals surface area contributed by atoms with E-state index in [-0.39, 0.29) is 0 Å². The van der Waals surface area contributed by atoms with Gasteiger partial charge in [-0.3, -0.25) is 0 Å². The second-order valence-corrected chi connectivity index (χ2v) is 4.86. The lowest BCUT2D eigenvalue weighted by Crippen LogP contribution is -2.22. The van der Waals surface area contributed by atoms with Crippen molar-refractivity contribution in [2.45, 2.75) is 27.2 Å². The molecule has 0 saturated heterocycles. The molecule has 1 nitrogen and oxygen atoms in total. The molecule has 0 radical (unpaired) electrons. The predicted octanol–water partition coefficient (Wildman–Crippen LogP) is 3.44. The molecule has 0 aliphatic heterocycles. The fourth-order valence-electron chi connectivity index (χ4n) is 1.55. The van der Waals surface area contributed by atoms with E-state index < -0.39 is 0 Å². The van der Waals surface area contributed by atoms with E-state index in [0.717, 1.165) is 30.5 Å². The molecule has 1 rings (SSSR count). The minimum absolute atomic E-state index is 0.719. The highest BCUT2D eigenvalue weighted by atomic mass is 35.5. The molecule has 1 N–H and O–H groups in total. The summed E-state index contributed by atoms with van der Waals surface area (Å²) in [5.74, 6) is 0.719. The smallest absolute Gasteiger partial charge is 0.0408 e. The Morgan fingerprint density at radius 2 is 2.07 bits per heavy atom. The van der Waals surface area contributed by atoms with E-state index in [9.17, 15) is 0 Å². The molecule has 0 heterocycles. The Hall–Kier alpha value is -0.530. The van der Waals surface area contributed by atoms with Crippen molar-refractivity contribution in [3.8, 4) is 0 Å². The lowest BCUT2D eigenvalue weighted by Gasteiger charge is -2.09. The molecule has 0 unspecified atom stereocenters. The Labute approximate surface area is 97.8 Å². The van der Waals surface area contributed by atoms with Gasteiger partial charge in [-0.05, 0) is 55.6 Å². The van der Waals surface area contributed by atoms with E-state index in [1.54, 1.807) is 0 Å². The minimum atomic E-state index is 0.719. The van der Waals surface area contributed by atoms with Crippen LogP contribution in [-0.4, -0.2) is 13.1 Å². The predicted molar refractivity (Wildman–Crippen MR) is 67.6 cm³/mol. The minimum Gasteiger partial charge on any atom is -0.316 e. The molecule has 0 fully saturated rings. The molecule has 2 heteroatoms. The van der Waals surface area contributed by atoms with Crippen molar-refractivity contribution in [1.82, 2.24) is 5.32 Å². The van der Waals surface area contributed by atoms with Gasteiger partial charge < -0.3 is 5.32 Å². The first-order chi connectivity index (χ1) is 7.09. The summed E-state index contributed by atoms with van der Waals surface area (Å²) in [6.07, 6.45) is 1.08. The lowest BCUT2D eigenvalue weighted by atomic mass is 10.1. The zero-order valence-electron chi connectivity index (χ0n) is 9.81. The van der Waals surface area contributed by atoms with Gasteiger partial charge in [0.1, 0.15) is 0 Å². The van der Waals surface area contributed by atoms with Gasteiger partial charge in [-0.15, -0.1) is 0 Å². The third-order valence-electron chi connectivity index (χ3n) is 2.43. The Balaban J connectivity index is 2.37. The molecular formula is C13H20ClN. The van der Waals surface area contributed by atoms with Gasteiger partial charge in [0.15, 0.2) is 0 Å². The van der Waals surface area contributed by atoms with Gasteiger partial charge in [-0.2, -0.15) is 0 Å². The van der Waals surface area contributed by atoms with Gasteiger partial charge >= 0.3 is 0 Å². The maximum Gasteiger partial charge on any atom is 0.0408 e. The van der Waals surface area contributed by atoms with Crippen LogP contribution in [0.25, 0.3) is 0 Å². The van der Waals surface area contributed by atoms with E-state index in [0.29, 0.717) is 0 Å². The van der Waals surface area contributed by atoms with Crippen molar-refractivity contribution in [1.29, 1.82) is 0 Å². The second-order valence-electron chi connectivity index (χ2n) is 4.42. The summed E-state index contributed by atoms with van der Waals surface area (Å²) in [4.78, 5) is 0. The van der Waals surface area contributed by atoms with E-state index in [4.69, 9.17) is 11.6 Å². The van der Waals surface area contributed by atoms with Crippen LogP contribution >= 0.6 is 11.6 Å². The molecule has 15 heavy (non-hydrogen) atoms. The van der Waals surface area contributed by atoms with Gasteiger partial charge in [0.05, 0.1) is 0 Å². The van der Waals surface area contributed by atoms with E-state index in [2.05, 4.69) is 32.2 Å². The average molecular weight is 226 g/mol. The molecule has 0 aliphatic carbocycles. The largest absolute Gasteiger partial charge is 0.316 e. The van der Waals surface area contributed by atoms with Crippen LogP contribution in [0.5, 0.6) is 0 Å². The number of nitrogens with one attached hydrogen (secondary N) is 1. The van der Waals surface area contributed by atoms with Crippen LogP contribution in [0.2, 0.25) is 5.02 Å². The normalized spacial score (nSPS) is 11.0. The van der Waals surface area contributed by atoms with Crippen LogP contribution < -0.4 is 5.32 Å². The molecule has 84 valence electrons. The van der Waals surface area contributed by atoms with Gasteiger partial charge in [0.25, 0.3) is 0 Å². The SMILES string of the molecule is Cc1cc(Cl)ccc1CCNCC(C)C. The molecule has 0 aromatic heterocycles. The van der Waals surface area contributed by atoms with Gasteiger partial charge in [-0.1, -0.05) is 31.5 Å². The monoisotopic (exact) mass is 225 g/mol. The van der Waals surface area contributed by atoms with Crippen LogP contribution in [0.3, 0.4) is 0 Å². The van der Waals surface area contributed by atoms with Gasteiger partial charge in [-0.25, -0.2) is 0 Å². The van der Waals surface area contributed by atoms with E-state index in [1.807, 2.05) is 12.1 Å². The quantitative estimate of drug-likeness (QED) is 0.758. The first kappa shape index (κ1) is 12.5. The van der Waals surface area contributed by atoms with Crippen molar-refractivity contribution in [3.63, 3.8) is 0 Å². The Morgan fingerprint density at radius 3 is 2.67 bits per heavy atom. The number of rotatable bonds is 5. The summed E-state index contributed by atoms with van der Waals surface area (Å²) in [6, 6.07) is 6.11. The van der Waals surface area contributed by atoms with Crippen LogP contribution in [-0.2, 0) is 6.42 Å². The molecule has 1 aromatic rings. The van der Waals surface area contributed by atoms with Gasteiger partial charge in [0.2, 0.25) is 0 Å². The van der Waals surface area contributed by atoms with Crippen molar-refractivity contribution >= 4 is 11.6 Å². The Kier molecular flexibility index (Phi) is 5.13. The average Bonchev–Trinajstić information content (AvgIpc) is 2.14. The van der Waals surface area contributed by atoms with Crippen molar-refractivity contribution in [2.75, 3.05) is 13.1 Å². The molecule has 0 saturated carbocycles. The Bertz CT molecular complexity index is 307. The van der Waals surface area contributed by atoms with Crippen molar-refractivity contribution in [2.24, 2.45) is 5.92 Å². The summed E-state index contributed by atoms with van der Waals surface area (Å²) in [6.45, 7) is 8.69. The third kappa shape index (κ3) is 4.67. The topological polar surface area (TPSA) is 12.0 Å². The van der Waals surface area contributed by atoms with E-state index >= 15 is 0 Å². The van der Waals surface area contributed by atoms with Crippen molar-refractivity contribution < 1.29 is 0 Å². The fraction of sp³-hybridized carbons (Fsp3) is 0.538. The third-order valence-corrected chi connectivity index (χ3v) is 2.66. The molecule has 0 atom stereocenters.